The number of amides is 1. The Morgan fingerprint density at radius 1 is 1.11 bits per heavy atom. The normalized spacial score (nSPS) is 14.4. The van der Waals surface area contributed by atoms with Crippen LogP contribution >= 0.6 is 37.2 Å². The summed E-state index contributed by atoms with van der Waals surface area (Å²) in [7, 11) is 0. The predicted octanol–water partition coefficient (Wildman–Crippen LogP) is 3.02. The van der Waals surface area contributed by atoms with Crippen LogP contribution in [0.25, 0.3) is 0 Å². The number of hydrogen-bond acceptors (Lipinski definition) is 4. The van der Waals surface area contributed by atoms with Crippen molar-refractivity contribution in [1.29, 1.82) is 0 Å². The summed E-state index contributed by atoms with van der Waals surface area (Å²) >= 11 is 0. The van der Waals surface area contributed by atoms with Crippen molar-refractivity contribution in [1.82, 2.24) is 10.2 Å². The molecule has 158 valence electrons. The first-order chi connectivity index (χ1) is 11.4. The first-order valence-electron chi connectivity index (χ1n) is 8.97. The van der Waals surface area contributed by atoms with Gasteiger partial charge < -0.3 is 16.0 Å². The molecule has 1 fully saturated rings. The van der Waals surface area contributed by atoms with E-state index >= 15 is 0 Å². The maximum absolute atomic E-state index is 11.7. The molecular formula is C19H35Cl3N4O. The zero-order valence-corrected chi connectivity index (χ0v) is 19.0. The van der Waals surface area contributed by atoms with Crippen molar-refractivity contribution < 1.29 is 4.79 Å². The molecule has 0 aromatic heterocycles. The standard InChI is InChI=1S/C19H32N4O.3ClH/c1-16-7-6-8-17(15-16)23-13-11-22(12-14-23)10-5-4-9-21-18(24)19(2,3)20;;;/h6-8,15H,4-5,9-14,20H2,1-3H3,(H,21,24);3*1H. The highest BCUT2D eigenvalue weighted by Gasteiger charge is 2.21. The van der Waals surface area contributed by atoms with E-state index in [2.05, 4.69) is 46.3 Å². The number of benzene rings is 1. The molecule has 1 aliphatic rings. The maximum Gasteiger partial charge on any atom is 0.239 e. The number of aryl methyl sites for hydroxylation is 1. The molecule has 1 aliphatic heterocycles. The minimum atomic E-state index is -0.786. The number of nitrogens with one attached hydrogen (secondary N) is 1. The van der Waals surface area contributed by atoms with Gasteiger partial charge in [-0.1, -0.05) is 12.1 Å². The van der Waals surface area contributed by atoms with Crippen LogP contribution in [0.1, 0.15) is 32.3 Å². The van der Waals surface area contributed by atoms with Gasteiger partial charge in [0.1, 0.15) is 0 Å². The number of carbonyl (C=O) groups is 1. The van der Waals surface area contributed by atoms with Gasteiger partial charge in [-0.05, 0) is 57.9 Å². The molecule has 1 heterocycles. The third kappa shape index (κ3) is 9.86. The summed E-state index contributed by atoms with van der Waals surface area (Å²) in [5, 5.41) is 2.90. The van der Waals surface area contributed by atoms with E-state index in [4.69, 9.17) is 5.73 Å². The molecule has 27 heavy (non-hydrogen) atoms. The van der Waals surface area contributed by atoms with E-state index < -0.39 is 5.54 Å². The molecule has 0 saturated carbocycles. The number of rotatable bonds is 7. The molecule has 5 nitrogen and oxygen atoms in total. The van der Waals surface area contributed by atoms with Crippen molar-refractivity contribution in [3.05, 3.63) is 29.8 Å². The molecule has 0 unspecified atom stereocenters. The van der Waals surface area contributed by atoms with E-state index in [1.165, 1.54) is 11.3 Å². The monoisotopic (exact) mass is 440 g/mol. The first-order valence-corrected chi connectivity index (χ1v) is 8.97. The highest BCUT2D eigenvalue weighted by Crippen LogP contribution is 2.17. The molecule has 0 radical (unpaired) electrons. The molecule has 0 bridgehead atoms. The van der Waals surface area contributed by atoms with Crippen molar-refractivity contribution in [3.63, 3.8) is 0 Å². The summed E-state index contributed by atoms with van der Waals surface area (Å²) < 4.78 is 0. The van der Waals surface area contributed by atoms with Crippen molar-refractivity contribution in [2.75, 3.05) is 44.2 Å². The summed E-state index contributed by atoms with van der Waals surface area (Å²) in [6.07, 6.45) is 2.11. The quantitative estimate of drug-likeness (QED) is 0.639. The minimum Gasteiger partial charge on any atom is -0.369 e. The van der Waals surface area contributed by atoms with Gasteiger partial charge in [0.25, 0.3) is 0 Å². The van der Waals surface area contributed by atoms with E-state index in [0.717, 1.165) is 45.6 Å². The molecular weight excluding hydrogens is 407 g/mol. The number of hydrogen-bond donors (Lipinski definition) is 2. The Hall–Kier alpha value is -0.720. The van der Waals surface area contributed by atoms with Crippen LogP contribution in [0.2, 0.25) is 0 Å². The topological polar surface area (TPSA) is 61.6 Å². The van der Waals surface area contributed by atoms with Crippen LogP contribution in [-0.2, 0) is 4.79 Å². The van der Waals surface area contributed by atoms with Crippen molar-refractivity contribution in [2.24, 2.45) is 5.73 Å². The molecule has 1 saturated heterocycles. The molecule has 2 rings (SSSR count). The summed E-state index contributed by atoms with van der Waals surface area (Å²) in [4.78, 5) is 16.7. The number of unbranched alkanes of at least 4 members (excludes halogenated alkanes) is 1. The van der Waals surface area contributed by atoms with Gasteiger partial charge in [0.15, 0.2) is 0 Å². The second-order valence-corrected chi connectivity index (χ2v) is 7.35. The van der Waals surface area contributed by atoms with E-state index in [0.29, 0.717) is 6.54 Å². The van der Waals surface area contributed by atoms with Crippen LogP contribution in [0.15, 0.2) is 24.3 Å². The zero-order chi connectivity index (χ0) is 17.6. The molecule has 0 spiro atoms. The second-order valence-electron chi connectivity index (χ2n) is 7.35. The van der Waals surface area contributed by atoms with Gasteiger partial charge in [-0.15, -0.1) is 37.2 Å². The lowest BCUT2D eigenvalue weighted by Gasteiger charge is -2.36. The number of nitrogens with zero attached hydrogens (tertiary/aromatic N) is 2. The van der Waals surface area contributed by atoms with E-state index in [1.54, 1.807) is 13.8 Å². The fraction of sp³-hybridized carbons (Fsp3) is 0.632. The second kappa shape index (κ2) is 13.5. The van der Waals surface area contributed by atoms with Crippen molar-refractivity contribution >= 4 is 48.8 Å². The van der Waals surface area contributed by atoms with Crippen LogP contribution in [-0.4, -0.2) is 55.6 Å². The first kappa shape index (κ1) is 28.5. The van der Waals surface area contributed by atoms with Gasteiger partial charge in [-0.25, -0.2) is 0 Å². The van der Waals surface area contributed by atoms with Crippen molar-refractivity contribution in [2.45, 2.75) is 39.2 Å². The third-order valence-corrected chi connectivity index (χ3v) is 4.51. The van der Waals surface area contributed by atoms with E-state index in [9.17, 15) is 4.79 Å². The van der Waals surface area contributed by atoms with Crippen LogP contribution in [0, 0.1) is 6.92 Å². The molecule has 1 aromatic carbocycles. The number of piperazine rings is 1. The van der Waals surface area contributed by atoms with Crippen LogP contribution in [0.4, 0.5) is 5.69 Å². The fourth-order valence-corrected chi connectivity index (χ4v) is 2.94. The Morgan fingerprint density at radius 3 is 2.30 bits per heavy atom. The average molecular weight is 442 g/mol. The highest BCUT2D eigenvalue weighted by atomic mass is 35.5. The lowest BCUT2D eigenvalue weighted by molar-refractivity contribution is -0.125. The average Bonchev–Trinajstić information content (AvgIpc) is 2.54. The molecule has 0 aliphatic carbocycles. The Balaban J connectivity index is 0. The zero-order valence-electron chi connectivity index (χ0n) is 16.6. The van der Waals surface area contributed by atoms with E-state index in [1.807, 2.05) is 0 Å². The van der Waals surface area contributed by atoms with Gasteiger partial charge in [0, 0.05) is 38.4 Å². The van der Waals surface area contributed by atoms with Crippen LogP contribution in [0.5, 0.6) is 0 Å². The smallest absolute Gasteiger partial charge is 0.239 e. The number of anilines is 1. The predicted molar refractivity (Wildman–Crippen MR) is 122 cm³/mol. The Bertz CT molecular complexity index is 544. The van der Waals surface area contributed by atoms with Crippen molar-refractivity contribution in [3.8, 4) is 0 Å². The van der Waals surface area contributed by atoms with Crippen LogP contribution in [0.3, 0.4) is 0 Å². The Labute approximate surface area is 182 Å². The highest BCUT2D eigenvalue weighted by molar-refractivity contribution is 5.86. The maximum atomic E-state index is 11.7. The van der Waals surface area contributed by atoms with Gasteiger partial charge in [-0.2, -0.15) is 0 Å². The molecule has 1 aromatic rings. The summed E-state index contributed by atoms with van der Waals surface area (Å²) in [6, 6.07) is 8.74. The van der Waals surface area contributed by atoms with E-state index in [-0.39, 0.29) is 43.1 Å². The lowest BCUT2D eigenvalue weighted by atomic mass is 10.1. The van der Waals surface area contributed by atoms with Gasteiger partial charge in [0.05, 0.1) is 5.54 Å². The Kier molecular flexibility index (Phi) is 14.2. The van der Waals surface area contributed by atoms with Gasteiger partial charge >= 0.3 is 0 Å². The molecule has 3 N–H and O–H groups in total. The lowest BCUT2D eigenvalue weighted by Crippen LogP contribution is -2.49. The summed E-state index contributed by atoms with van der Waals surface area (Å²) in [5.74, 6) is -0.0748. The largest absolute Gasteiger partial charge is 0.369 e. The molecule has 1 amide bonds. The SMILES string of the molecule is Cc1cccc(N2CCN(CCCCNC(=O)C(C)(C)N)CC2)c1.Cl.Cl.Cl. The number of halogens is 3. The fourth-order valence-electron chi connectivity index (χ4n) is 2.94. The number of nitrogens with two attached hydrogens (primary N) is 1. The molecule has 8 heteroatoms. The minimum absolute atomic E-state index is 0. The summed E-state index contributed by atoms with van der Waals surface area (Å²) in [5.41, 5.74) is 7.62. The number of carbonyl (C=O) groups excluding carboxylic acids is 1. The third-order valence-electron chi connectivity index (χ3n) is 4.51. The Morgan fingerprint density at radius 2 is 1.74 bits per heavy atom. The van der Waals surface area contributed by atoms with Crippen LogP contribution < -0.4 is 16.0 Å². The van der Waals surface area contributed by atoms with Gasteiger partial charge in [0.2, 0.25) is 5.91 Å². The van der Waals surface area contributed by atoms with Gasteiger partial charge in [-0.3, -0.25) is 9.69 Å². The molecule has 0 atom stereocenters. The summed E-state index contributed by atoms with van der Waals surface area (Å²) in [6.45, 7) is 11.8.